The largest absolute Gasteiger partial charge is 0.310 e. The molecule has 0 unspecified atom stereocenters. The first kappa shape index (κ1) is 86.7. The summed E-state index contributed by atoms with van der Waals surface area (Å²) in [5.74, 6) is -0.264. The van der Waals surface area contributed by atoms with Crippen molar-refractivity contribution in [2.45, 2.75) is 43.9 Å². The third-order valence-electron chi connectivity index (χ3n) is 31.2. The molecular formula is C139H99FN6. The fraction of sp³-hybridized carbons (Fsp3) is 0.0504. The predicted molar refractivity (Wildman–Crippen MR) is 608 cm³/mol. The maximum Gasteiger partial charge on any atom is 0.123 e. The van der Waals surface area contributed by atoms with E-state index in [0.29, 0.717) is 0 Å². The maximum absolute atomic E-state index is 14.4. The number of anilines is 12. The molecule has 6 nitrogen and oxygen atoms in total. The zero-order chi connectivity index (χ0) is 97.5. The predicted octanol–water partition coefficient (Wildman–Crippen LogP) is 37.5. The number of nitrogens with zero attached hydrogens (tertiary/aromatic N) is 6. The van der Waals surface area contributed by atoms with Gasteiger partial charge in [-0.1, -0.05) is 343 Å². The molecule has 0 atom stereocenters. The summed E-state index contributed by atoms with van der Waals surface area (Å²) in [5.41, 5.74) is 46.7. The van der Waals surface area contributed by atoms with Crippen molar-refractivity contribution >= 4 is 112 Å². The highest BCUT2D eigenvalue weighted by molar-refractivity contribution is 6.14. The molecule has 2 aliphatic heterocycles. The molecule has 2 aromatic heterocycles. The molecule has 0 radical (unpaired) electrons. The van der Waals surface area contributed by atoms with Crippen LogP contribution >= 0.6 is 0 Å². The molecule has 4 aliphatic rings. The topological polar surface area (TPSA) is 22.8 Å². The molecule has 1 spiro atoms. The van der Waals surface area contributed by atoms with Crippen LogP contribution in [0.25, 0.3) is 133 Å². The summed E-state index contributed by atoms with van der Waals surface area (Å²) in [7, 11) is 0. The van der Waals surface area contributed by atoms with Crippen molar-refractivity contribution in [3.05, 3.63) is 578 Å². The highest BCUT2D eigenvalue weighted by Gasteiger charge is 2.52. The van der Waals surface area contributed by atoms with E-state index < -0.39 is 5.41 Å². The lowest BCUT2D eigenvalue weighted by Crippen LogP contribution is -2.30. The molecule has 0 N–H and O–H groups in total. The third-order valence-corrected chi connectivity index (χ3v) is 31.2. The summed E-state index contributed by atoms with van der Waals surface area (Å²) in [6.45, 7) is 9.43. The molecule has 692 valence electrons. The molecule has 22 aromatic carbocycles. The highest BCUT2D eigenvalue weighted by Crippen LogP contribution is 2.65. The quantitative estimate of drug-likeness (QED) is 0.102. The van der Waals surface area contributed by atoms with E-state index in [-0.39, 0.29) is 16.6 Å². The van der Waals surface area contributed by atoms with Crippen LogP contribution in [0.5, 0.6) is 0 Å². The molecule has 0 amide bonds. The van der Waals surface area contributed by atoms with Crippen LogP contribution in [0.3, 0.4) is 0 Å². The van der Waals surface area contributed by atoms with Gasteiger partial charge in [-0.15, -0.1) is 0 Å². The van der Waals surface area contributed by atoms with Crippen LogP contribution < -0.4 is 19.6 Å². The highest BCUT2D eigenvalue weighted by atomic mass is 19.1. The molecule has 0 saturated carbocycles. The number of aromatic nitrogens is 2. The van der Waals surface area contributed by atoms with Gasteiger partial charge in [0.15, 0.2) is 0 Å². The van der Waals surface area contributed by atoms with Gasteiger partial charge < -0.3 is 28.7 Å². The minimum absolute atomic E-state index is 0.221. The number of hydrogen-bond donors (Lipinski definition) is 0. The molecule has 0 bridgehead atoms. The molecule has 0 fully saturated rings. The van der Waals surface area contributed by atoms with Crippen molar-refractivity contribution in [2.75, 3.05) is 19.6 Å². The number of fused-ring (bicyclic) bond motifs is 20. The zero-order valence-corrected chi connectivity index (χ0v) is 81.3. The van der Waals surface area contributed by atoms with E-state index in [1.807, 2.05) is 18.2 Å². The van der Waals surface area contributed by atoms with Gasteiger partial charge in [-0.05, 0) is 335 Å². The average Bonchev–Trinajstić information content (AvgIpc) is 1.50. The second-order valence-corrected chi connectivity index (χ2v) is 40.0. The Morgan fingerprint density at radius 2 is 0.432 bits per heavy atom. The molecule has 0 saturated heterocycles. The summed E-state index contributed by atoms with van der Waals surface area (Å²) in [5, 5.41) is 4.73. The number of para-hydroxylation sites is 6. The Morgan fingerprint density at radius 3 is 0.822 bits per heavy atom. The zero-order valence-electron chi connectivity index (χ0n) is 81.3. The second kappa shape index (κ2) is 34.8. The van der Waals surface area contributed by atoms with Crippen molar-refractivity contribution in [3.8, 4) is 89.3 Å². The van der Waals surface area contributed by atoms with Gasteiger partial charge in [-0.25, -0.2) is 4.39 Å². The number of hydrogen-bond acceptors (Lipinski definition) is 4. The summed E-state index contributed by atoms with van der Waals surface area (Å²) in [4.78, 5) is 9.49. The lowest BCUT2D eigenvalue weighted by molar-refractivity contribution is 0.628. The average molecular weight is 1870 g/mol. The Kier molecular flexibility index (Phi) is 20.6. The monoisotopic (exact) mass is 1870 g/mol. The van der Waals surface area contributed by atoms with Crippen LogP contribution in [0.4, 0.5) is 72.6 Å². The van der Waals surface area contributed by atoms with Gasteiger partial charge in [0.1, 0.15) is 5.82 Å². The van der Waals surface area contributed by atoms with E-state index in [0.717, 1.165) is 101 Å². The first-order chi connectivity index (χ1) is 71.8. The molecular weight excluding hydrogens is 1770 g/mol. The Morgan fingerprint density at radius 1 is 0.178 bits per heavy atom. The fourth-order valence-corrected chi connectivity index (χ4v) is 24.3. The van der Waals surface area contributed by atoms with Crippen LogP contribution in [0.2, 0.25) is 0 Å². The Balaban J connectivity index is 0.000000153. The molecule has 146 heavy (non-hydrogen) atoms. The van der Waals surface area contributed by atoms with Crippen molar-refractivity contribution in [1.82, 2.24) is 9.13 Å². The second-order valence-electron chi connectivity index (χ2n) is 40.0. The summed E-state index contributed by atoms with van der Waals surface area (Å²) in [6.07, 6.45) is 0. The minimum Gasteiger partial charge on any atom is -0.310 e. The lowest BCUT2D eigenvalue weighted by Gasteiger charge is -2.42. The molecule has 24 aromatic rings. The van der Waals surface area contributed by atoms with Crippen LogP contribution in [0.15, 0.2) is 528 Å². The van der Waals surface area contributed by atoms with Crippen LogP contribution in [0.1, 0.15) is 72.2 Å². The van der Waals surface area contributed by atoms with E-state index in [9.17, 15) is 4.39 Å². The van der Waals surface area contributed by atoms with Crippen molar-refractivity contribution in [3.63, 3.8) is 0 Å². The van der Waals surface area contributed by atoms with Gasteiger partial charge in [0.05, 0.1) is 50.2 Å². The number of halogens is 1. The normalized spacial score (nSPS) is 13.4. The first-order valence-corrected chi connectivity index (χ1v) is 50.5. The molecule has 7 heteroatoms. The van der Waals surface area contributed by atoms with Crippen molar-refractivity contribution < 1.29 is 4.39 Å². The third kappa shape index (κ3) is 14.1. The van der Waals surface area contributed by atoms with Gasteiger partial charge in [0.2, 0.25) is 0 Å². The first-order valence-electron chi connectivity index (χ1n) is 50.5. The van der Waals surface area contributed by atoms with Crippen LogP contribution in [0, 0.1) is 5.82 Å². The van der Waals surface area contributed by atoms with E-state index in [1.165, 1.54) is 157 Å². The van der Waals surface area contributed by atoms with E-state index >= 15 is 0 Å². The Labute approximate surface area is 850 Å². The summed E-state index contributed by atoms with van der Waals surface area (Å²) in [6, 6.07) is 191. The van der Waals surface area contributed by atoms with Gasteiger partial charge in [-0.3, -0.25) is 0 Å². The summed E-state index contributed by atoms with van der Waals surface area (Å²) < 4.78 is 19.2. The smallest absolute Gasteiger partial charge is 0.123 e. The number of rotatable bonds is 15. The van der Waals surface area contributed by atoms with Gasteiger partial charge in [0.25, 0.3) is 0 Å². The SMILES string of the molecule is CC1(C)c2ccccc2N(c2ccccc2)c2ccc(-c3ccc4c(c3)c3cc(-c5ccc(N(c6ccc(-c7ccccc7)cc6)c6ccc7c(c6)C6(c8ccccc8-c8ccccc86)c6ccccc6-7)cc5)ccc3n4-c3ccccc3)cc21.CC1(C)c2ccccc2N(c2ccccc2)c2ccc(-c3ccc4c(c3)c3cc(N(c5ccc(F)cc5)c5ccc(-c6ccccc6)cc5)ccc3n4-c3ccccc3)cc21. The van der Waals surface area contributed by atoms with Gasteiger partial charge >= 0.3 is 0 Å². The molecule has 4 heterocycles. The van der Waals surface area contributed by atoms with E-state index in [2.05, 4.69) is 554 Å². The van der Waals surface area contributed by atoms with Gasteiger partial charge in [-0.2, -0.15) is 0 Å². The van der Waals surface area contributed by atoms with Crippen LogP contribution in [-0.4, -0.2) is 9.13 Å². The van der Waals surface area contributed by atoms with Gasteiger partial charge in [0, 0.05) is 89.2 Å². The van der Waals surface area contributed by atoms with E-state index in [1.54, 1.807) is 0 Å². The standard InChI is InChI=1S/C82H57N3.C57H42FN3/c1-81(2)74-32-18-19-33-79(74)85(61-24-10-5-11-25-61)80-49-40-59(52-76(80)81)58-39-48-78-70(51-58)69-50-57(38-47-77(69)84(78)60-22-8-4-9-23-60)56-36-43-63(44-37-56)83(62-41-34-55(35-42-62)54-20-6-3-7-21-54)64-45-46-68-67-28-14-17-31-73(67)82(75(68)53-64)71-29-15-12-26-65(71)66-27-13-16-30-72(66)82;1-57(2)51-20-12-13-21-55(51)61(45-18-10-5-11-19-45)56-34-25-42(37-52(56)57)41-24-33-53-49(36-41)50-38-48(32-35-54(50)60(53)44-16-8-4-9-17-44)59(47-30-26-43(58)27-31-47)46-28-22-40(23-29-46)39-14-6-3-7-15-39/h3-53H,1-2H3;3-38H,1-2H3. The minimum atomic E-state index is -0.459. The van der Waals surface area contributed by atoms with E-state index in [4.69, 9.17) is 0 Å². The number of benzene rings is 22. The fourth-order valence-electron chi connectivity index (χ4n) is 24.3. The lowest BCUT2D eigenvalue weighted by atomic mass is 9.70. The Hall–Kier alpha value is -18.4. The Bertz CT molecular complexity index is 9150. The maximum atomic E-state index is 14.4. The molecule has 28 rings (SSSR count). The van der Waals surface area contributed by atoms with Crippen molar-refractivity contribution in [2.24, 2.45) is 0 Å². The van der Waals surface area contributed by atoms with Crippen LogP contribution in [-0.2, 0) is 16.2 Å². The van der Waals surface area contributed by atoms with Crippen molar-refractivity contribution in [1.29, 1.82) is 0 Å². The summed E-state index contributed by atoms with van der Waals surface area (Å²) >= 11 is 0. The molecule has 2 aliphatic carbocycles.